The van der Waals surface area contributed by atoms with Gasteiger partial charge in [-0.25, -0.2) is 4.98 Å². The van der Waals surface area contributed by atoms with Crippen LogP contribution in [0.5, 0.6) is 0 Å². The standard InChI is InChI=1S/C19H24N2O3S/c1-4-5-6-11-21-12-15(13-22)20-17(21)14-7-9-16(10-8-14)25-19(2,3)18(23)24/h7-10,12-13H,4-6,11H2,1-3H3,(H,23,24). The van der Waals surface area contributed by atoms with E-state index in [4.69, 9.17) is 0 Å². The molecule has 0 spiro atoms. The highest BCUT2D eigenvalue weighted by molar-refractivity contribution is 8.01. The van der Waals surface area contributed by atoms with E-state index in [0.29, 0.717) is 5.69 Å². The number of thioether (sulfide) groups is 1. The lowest BCUT2D eigenvalue weighted by Crippen LogP contribution is -2.26. The third-order valence-electron chi connectivity index (χ3n) is 3.92. The average Bonchev–Trinajstić information content (AvgIpc) is 2.99. The van der Waals surface area contributed by atoms with E-state index >= 15 is 0 Å². The highest BCUT2D eigenvalue weighted by Crippen LogP contribution is 2.33. The monoisotopic (exact) mass is 360 g/mol. The van der Waals surface area contributed by atoms with Crippen molar-refractivity contribution in [3.8, 4) is 11.4 Å². The summed E-state index contributed by atoms with van der Waals surface area (Å²) in [6.45, 7) is 6.35. The number of aryl methyl sites for hydroxylation is 1. The van der Waals surface area contributed by atoms with Gasteiger partial charge in [-0.1, -0.05) is 31.9 Å². The molecule has 25 heavy (non-hydrogen) atoms. The smallest absolute Gasteiger partial charge is 0.319 e. The van der Waals surface area contributed by atoms with E-state index in [0.717, 1.165) is 48.4 Å². The molecule has 0 unspecified atom stereocenters. The first-order valence-corrected chi connectivity index (χ1v) is 9.24. The second-order valence-corrected chi connectivity index (χ2v) is 8.15. The first-order chi connectivity index (χ1) is 11.9. The molecule has 1 heterocycles. The molecule has 0 aliphatic carbocycles. The van der Waals surface area contributed by atoms with Crippen LogP contribution < -0.4 is 0 Å². The summed E-state index contributed by atoms with van der Waals surface area (Å²) in [5.74, 6) is -0.0732. The summed E-state index contributed by atoms with van der Waals surface area (Å²) in [5.41, 5.74) is 1.35. The molecule has 5 nitrogen and oxygen atoms in total. The topological polar surface area (TPSA) is 72.2 Å². The number of carboxylic acid groups (broad SMARTS) is 1. The summed E-state index contributed by atoms with van der Waals surface area (Å²) >= 11 is 1.31. The molecule has 0 saturated carbocycles. The third kappa shape index (κ3) is 4.95. The summed E-state index contributed by atoms with van der Waals surface area (Å²) in [6, 6.07) is 7.65. The number of aldehydes is 1. The minimum absolute atomic E-state index is 0.428. The Hall–Kier alpha value is -2.08. The molecule has 1 aromatic heterocycles. The first-order valence-electron chi connectivity index (χ1n) is 8.42. The van der Waals surface area contributed by atoms with Gasteiger partial charge in [-0.3, -0.25) is 9.59 Å². The van der Waals surface area contributed by atoms with Gasteiger partial charge in [0.15, 0.2) is 6.29 Å². The summed E-state index contributed by atoms with van der Waals surface area (Å²) in [6.07, 6.45) is 5.86. The predicted octanol–water partition coefficient (Wildman–Crippen LogP) is 4.51. The van der Waals surface area contributed by atoms with E-state index in [1.54, 1.807) is 20.0 Å². The number of benzene rings is 1. The maximum atomic E-state index is 11.3. The minimum atomic E-state index is -0.884. The zero-order valence-corrected chi connectivity index (χ0v) is 15.7. The Morgan fingerprint density at radius 2 is 1.96 bits per heavy atom. The van der Waals surface area contributed by atoms with Crippen molar-refractivity contribution in [3.05, 3.63) is 36.2 Å². The number of nitrogens with zero attached hydrogens (tertiary/aromatic N) is 2. The van der Waals surface area contributed by atoms with Crippen LogP contribution in [0, 0.1) is 0 Å². The molecule has 0 bridgehead atoms. The first kappa shape index (κ1) is 19.2. The Morgan fingerprint density at radius 3 is 2.52 bits per heavy atom. The fourth-order valence-electron chi connectivity index (χ4n) is 2.44. The Kier molecular flexibility index (Phi) is 6.42. The molecule has 6 heteroatoms. The van der Waals surface area contributed by atoms with Crippen LogP contribution in [-0.2, 0) is 11.3 Å². The lowest BCUT2D eigenvalue weighted by Gasteiger charge is -2.18. The molecule has 134 valence electrons. The van der Waals surface area contributed by atoms with Crippen molar-refractivity contribution in [2.24, 2.45) is 0 Å². The van der Waals surface area contributed by atoms with Crippen LogP contribution in [0.15, 0.2) is 35.4 Å². The van der Waals surface area contributed by atoms with Gasteiger partial charge in [0.2, 0.25) is 0 Å². The van der Waals surface area contributed by atoms with Crippen molar-refractivity contribution in [2.45, 2.75) is 56.2 Å². The highest BCUT2D eigenvalue weighted by Gasteiger charge is 2.28. The van der Waals surface area contributed by atoms with E-state index in [1.165, 1.54) is 11.8 Å². The lowest BCUT2D eigenvalue weighted by molar-refractivity contribution is -0.138. The maximum Gasteiger partial charge on any atom is 0.319 e. The van der Waals surface area contributed by atoms with Gasteiger partial charge in [-0.05, 0) is 32.4 Å². The molecule has 1 aromatic carbocycles. The van der Waals surface area contributed by atoms with Crippen LogP contribution in [0.25, 0.3) is 11.4 Å². The molecule has 0 aliphatic rings. The number of carbonyl (C=O) groups is 2. The Morgan fingerprint density at radius 1 is 1.28 bits per heavy atom. The second-order valence-electron chi connectivity index (χ2n) is 6.45. The number of carbonyl (C=O) groups excluding carboxylic acids is 1. The van der Waals surface area contributed by atoms with Crippen molar-refractivity contribution >= 4 is 24.0 Å². The van der Waals surface area contributed by atoms with E-state index in [2.05, 4.69) is 11.9 Å². The number of carboxylic acids is 1. The van der Waals surface area contributed by atoms with Crippen LogP contribution in [0.1, 0.15) is 50.5 Å². The zero-order valence-electron chi connectivity index (χ0n) is 14.9. The maximum absolute atomic E-state index is 11.3. The van der Waals surface area contributed by atoms with Gasteiger partial charge in [0, 0.05) is 23.2 Å². The normalized spacial score (nSPS) is 11.5. The molecular formula is C19H24N2O3S. The number of rotatable bonds is 9. The molecular weight excluding hydrogens is 336 g/mol. The largest absolute Gasteiger partial charge is 0.480 e. The molecule has 2 aromatic rings. The van der Waals surface area contributed by atoms with Gasteiger partial charge in [-0.2, -0.15) is 0 Å². The molecule has 0 fully saturated rings. The van der Waals surface area contributed by atoms with Crippen LogP contribution >= 0.6 is 11.8 Å². The number of aliphatic carboxylic acids is 1. The van der Waals surface area contributed by atoms with Crippen molar-refractivity contribution < 1.29 is 14.7 Å². The molecule has 0 saturated heterocycles. The number of aromatic nitrogens is 2. The van der Waals surface area contributed by atoms with Gasteiger partial charge in [0.05, 0.1) is 0 Å². The second kappa shape index (κ2) is 8.34. The van der Waals surface area contributed by atoms with Crippen molar-refractivity contribution in [2.75, 3.05) is 0 Å². The predicted molar refractivity (Wildman–Crippen MR) is 100 cm³/mol. The van der Waals surface area contributed by atoms with Crippen molar-refractivity contribution in [1.29, 1.82) is 0 Å². The fraction of sp³-hybridized carbons (Fsp3) is 0.421. The van der Waals surface area contributed by atoms with Gasteiger partial charge >= 0.3 is 5.97 Å². The number of hydrogen-bond donors (Lipinski definition) is 1. The van der Waals surface area contributed by atoms with E-state index < -0.39 is 10.7 Å². The highest BCUT2D eigenvalue weighted by atomic mass is 32.2. The SMILES string of the molecule is CCCCCn1cc(C=O)nc1-c1ccc(SC(C)(C)C(=O)O)cc1. The van der Waals surface area contributed by atoms with E-state index in [9.17, 15) is 14.7 Å². The van der Waals surface area contributed by atoms with Gasteiger partial charge in [-0.15, -0.1) is 11.8 Å². The van der Waals surface area contributed by atoms with Crippen LogP contribution in [-0.4, -0.2) is 31.7 Å². The lowest BCUT2D eigenvalue weighted by atomic mass is 10.2. The zero-order chi connectivity index (χ0) is 18.4. The van der Waals surface area contributed by atoms with Crippen LogP contribution in [0.3, 0.4) is 0 Å². The quantitative estimate of drug-likeness (QED) is 0.405. The number of unbranched alkanes of at least 4 members (excludes halogenated alkanes) is 2. The molecule has 0 atom stereocenters. The van der Waals surface area contributed by atoms with E-state index in [-0.39, 0.29) is 0 Å². The molecule has 0 aliphatic heterocycles. The number of imidazole rings is 1. The summed E-state index contributed by atoms with van der Waals surface area (Å²) in [4.78, 5) is 27.6. The summed E-state index contributed by atoms with van der Waals surface area (Å²) in [7, 11) is 0. The molecule has 0 radical (unpaired) electrons. The van der Waals surface area contributed by atoms with Gasteiger partial charge in [0.1, 0.15) is 16.3 Å². The molecule has 1 N–H and O–H groups in total. The molecule has 0 amide bonds. The Balaban J connectivity index is 2.22. The summed E-state index contributed by atoms with van der Waals surface area (Å²) < 4.78 is 1.13. The average molecular weight is 360 g/mol. The number of hydrogen-bond acceptors (Lipinski definition) is 4. The minimum Gasteiger partial charge on any atom is -0.480 e. The fourth-order valence-corrected chi connectivity index (χ4v) is 3.38. The Labute approximate surface area is 152 Å². The Bertz CT molecular complexity index is 736. The van der Waals surface area contributed by atoms with Gasteiger partial charge < -0.3 is 9.67 Å². The van der Waals surface area contributed by atoms with Gasteiger partial charge in [0.25, 0.3) is 0 Å². The molecule has 2 rings (SSSR count). The van der Waals surface area contributed by atoms with E-state index in [1.807, 2.05) is 28.8 Å². The van der Waals surface area contributed by atoms with Crippen molar-refractivity contribution in [3.63, 3.8) is 0 Å². The van der Waals surface area contributed by atoms with Crippen LogP contribution in [0.2, 0.25) is 0 Å². The summed E-state index contributed by atoms with van der Waals surface area (Å²) in [5, 5.41) is 9.24. The van der Waals surface area contributed by atoms with Crippen molar-refractivity contribution in [1.82, 2.24) is 9.55 Å². The third-order valence-corrected chi connectivity index (χ3v) is 5.11. The van der Waals surface area contributed by atoms with Crippen LogP contribution in [0.4, 0.5) is 0 Å².